The molecule has 1 aliphatic carbocycles. The fourth-order valence-corrected chi connectivity index (χ4v) is 6.02. The van der Waals surface area contributed by atoms with Crippen molar-refractivity contribution in [3.63, 3.8) is 0 Å². The number of nitrogens with zero attached hydrogens (tertiary/aromatic N) is 1. The maximum Gasteiger partial charge on any atom is 0.251 e. The number of benzene rings is 2. The molecule has 202 valence electrons. The van der Waals surface area contributed by atoms with Crippen LogP contribution >= 0.6 is 0 Å². The highest BCUT2D eigenvalue weighted by atomic mass is 16.5. The van der Waals surface area contributed by atoms with Gasteiger partial charge < -0.3 is 25.2 Å². The third kappa shape index (κ3) is 4.33. The fraction of sp³-hybridized carbons (Fsp3) is 0.483. The van der Waals surface area contributed by atoms with E-state index in [1.807, 2.05) is 44.2 Å². The Bertz CT molecular complexity index is 1250. The van der Waals surface area contributed by atoms with Crippen molar-refractivity contribution in [3.05, 3.63) is 64.7 Å². The zero-order chi connectivity index (χ0) is 27.2. The van der Waals surface area contributed by atoms with E-state index in [9.17, 15) is 14.7 Å². The van der Waals surface area contributed by atoms with E-state index in [4.69, 9.17) is 14.9 Å². The number of carbonyl (C=O) groups is 2. The number of rotatable bonds is 6. The van der Waals surface area contributed by atoms with Gasteiger partial charge in [-0.15, -0.1) is 0 Å². The van der Waals surface area contributed by atoms with Crippen LogP contribution in [0.4, 0.5) is 0 Å². The Morgan fingerprint density at radius 3 is 2.63 bits per heavy atom. The second-order valence-corrected chi connectivity index (χ2v) is 10.8. The summed E-state index contributed by atoms with van der Waals surface area (Å²) in [5.74, 6) is 0.270. The Labute approximate surface area is 223 Å². The number of guanidine groups is 1. The molecule has 0 aromatic heterocycles. The number of carbonyl (C=O) groups excluding carboxylic acids is 2. The molecule has 5 rings (SSSR count). The summed E-state index contributed by atoms with van der Waals surface area (Å²) in [6.45, 7) is 5.75. The Kier molecular flexibility index (Phi) is 6.69. The van der Waals surface area contributed by atoms with Crippen LogP contribution in [0.1, 0.15) is 91.7 Å². The molecular weight excluding hydrogens is 484 g/mol. The number of hydrogen-bond acceptors (Lipinski definition) is 6. The van der Waals surface area contributed by atoms with Crippen LogP contribution in [0, 0.1) is 5.41 Å². The molecule has 0 spiro atoms. The lowest BCUT2D eigenvalue weighted by Gasteiger charge is -2.44. The molecule has 2 aromatic rings. The summed E-state index contributed by atoms with van der Waals surface area (Å²) in [4.78, 5) is 28.4. The molecule has 4 N–H and O–H groups in total. The average molecular weight is 521 g/mol. The summed E-state index contributed by atoms with van der Waals surface area (Å²) in [5.41, 5.74) is 1.11. The van der Waals surface area contributed by atoms with Crippen molar-refractivity contribution in [1.29, 1.82) is 5.41 Å². The van der Waals surface area contributed by atoms with Crippen molar-refractivity contribution < 1.29 is 24.2 Å². The van der Waals surface area contributed by atoms with Gasteiger partial charge in [0.15, 0.2) is 5.96 Å². The fourth-order valence-electron chi connectivity index (χ4n) is 6.02. The predicted octanol–water partition coefficient (Wildman–Crippen LogP) is 3.75. The van der Waals surface area contributed by atoms with Gasteiger partial charge in [-0.3, -0.25) is 19.9 Å². The lowest BCUT2D eigenvalue weighted by atomic mass is 9.86. The summed E-state index contributed by atoms with van der Waals surface area (Å²) in [5, 5.41) is 26.0. The van der Waals surface area contributed by atoms with Crippen LogP contribution in [0.3, 0.4) is 0 Å². The van der Waals surface area contributed by atoms with Gasteiger partial charge in [-0.2, -0.15) is 0 Å². The zero-order valence-electron chi connectivity index (χ0n) is 22.3. The van der Waals surface area contributed by atoms with E-state index < -0.39 is 23.2 Å². The molecule has 0 bridgehead atoms. The molecule has 1 saturated heterocycles. The summed E-state index contributed by atoms with van der Waals surface area (Å²) in [6, 6.07) is 11.7. The Morgan fingerprint density at radius 2 is 1.95 bits per heavy atom. The van der Waals surface area contributed by atoms with E-state index in [1.54, 1.807) is 26.2 Å². The lowest BCUT2D eigenvalue weighted by Crippen LogP contribution is -2.62. The summed E-state index contributed by atoms with van der Waals surface area (Å²) < 4.78 is 11.4. The molecule has 2 aliphatic heterocycles. The highest BCUT2D eigenvalue weighted by Gasteiger charge is 2.46. The number of fused-ring (bicyclic) bond motifs is 2. The Morgan fingerprint density at radius 1 is 1.21 bits per heavy atom. The maximum absolute atomic E-state index is 13.5. The minimum atomic E-state index is -1.30. The third-order valence-corrected chi connectivity index (χ3v) is 8.47. The van der Waals surface area contributed by atoms with Crippen LogP contribution in [-0.2, 0) is 9.53 Å². The Hall–Kier alpha value is -3.43. The van der Waals surface area contributed by atoms with Gasteiger partial charge in [0.1, 0.15) is 18.0 Å². The SMILES string of the molecule is CCC1(CC)CC(=O)N([C@@H]2C[C@H](OC)c3ccc(C(=O)N[C@@H]4c5ccccc5OC[C@@]4(C)O)cc32)C(=N)N1. The molecule has 0 saturated carbocycles. The molecule has 1 fully saturated rings. The molecule has 9 nitrogen and oxygen atoms in total. The monoisotopic (exact) mass is 520 g/mol. The van der Waals surface area contributed by atoms with Crippen LogP contribution < -0.4 is 15.4 Å². The molecule has 2 amide bonds. The molecule has 3 aliphatic rings. The summed E-state index contributed by atoms with van der Waals surface area (Å²) >= 11 is 0. The molecule has 0 unspecified atom stereocenters. The molecule has 38 heavy (non-hydrogen) atoms. The van der Waals surface area contributed by atoms with Crippen molar-refractivity contribution in [3.8, 4) is 5.75 Å². The number of methoxy groups -OCH3 is 1. The number of aliphatic hydroxyl groups is 1. The van der Waals surface area contributed by atoms with Crippen LogP contribution in [-0.4, -0.2) is 52.6 Å². The first-order valence-electron chi connectivity index (χ1n) is 13.2. The van der Waals surface area contributed by atoms with Crippen LogP contribution in [0.25, 0.3) is 0 Å². The van der Waals surface area contributed by atoms with Crippen LogP contribution in [0.15, 0.2) is 42.5 Å². The molecule has 2 aromatic carbocycles. The minimum Gasteiger partial charge on any atom is -0.490 e. The quantitative estimate of drug-likeness (QED) is 0.460. The normalized spacial score (nSPS) is 27.7. The number of ether oxygens (including phenoxy) is 2. The first kappa shape index (κ1) is 26.2. The molecular formula is C29H36N4O5. The van der Waals surface area contributed by atoms with Crippen molar-refractivity contribution in [2.45, 2.75) is 75.8 Å². The number of para-hydroxylation sites is 1. The second-order valence-electron chi connectivity index (χ2n) is 10.8. The van der Waals surface area contributed by atoms with Gasteiger partial charge in [-0.1, -0.05) is 38.1 Å². The van der Waals surface area contributed by atoms with E-state index in [0.717, 1.165) is 24.0 Å². The number of amides is 2. The van der Waals surface area contributed by atoms with Crippen molar-refractivity contribution in [2.24, 2.45) is 0 Å². The number of hydrogen-bond donors (Lipinski definition) is 4. The zero-order valence-corrected chi connectivity index (χ0v) is 22.3. The van der Waals surface area contributed by atoms with Crippen molar-refractivity contribution in [2.75, 3.05) is 13.7 Å². The van der Waals surface area contributed by atoms with Gasteiger partial charge in [0.2, 0.25) is 5.91 Å². The first-order valence-corrected chi connectivity index (χ1v) is 13.2. The Balaban J connectivity index is 1.45. The summed E-state index contributed by atoms with van der Waals surface area (Å²) in [7, 11) is 1.63. The van der Waals surface area contributed by atoms with E-state index in [-0.39, 0.29) is 30.5 Å². The van der Waals surface area contributed by atoms with Gasteiger partial charge in [0.25, 0.3) is 5.91 Å². The molecule has 9 heteroatoms. The molecule has 4 atom stereocenters. The molecule has 2 heterocycles. The maximum atomic E-state index is 13.5. The van der Waals surface area contributed by atoms with E-state index in [2.05, 4.69) is 10.6 Å². The summed E-state index contributed by atoms with van der Waals surface area (Å²) in [6.07, 6.45) is 2.05. The largest absolute Gasteiger partial charge is 0.490 e. The molecule has 0 radical (unpaired) electrons. The van der Waals surface area contributed by atoms with Gasteiger partial charge >= 0.3 is 0 Å². The van der Waals surface area contributed by atoms with E-state index >= 15 is 0 Å². The van der Waals surface area contributed by atoms with E-state index in [0.29, 0.717) is 29.7 Å². The minimum absolute atomic E-state index is 0.0555. The van der Waals surface area contributed by atoms with Crippen LogP contribution in [0.2, 0.25) is 0 Å². The standard InChI is InChI=1S/C29H36N4O5/c1-5-29(6-2)15-24(34)33(27(30)32-29)21-14-23(37-4)18-12-11-17(13-20(18)21)26(35)31-25-19-9-7-8-10-22(19)38-16-28(25,3)36/h7-13,21,23,25,36H,5-6,14-16H2,1-4H3,(H2,30,32)(H,31,35)/t21-,23+,25-,28-/m1/s1. The van der Waals surface area contributed by atoms with Crippen molar-refractivity contribution in [1.82, 2.24) is 15.5 Å². The van der Waals surface area contributed by atoms with Gasteiger partial charge in [-0.25, -0.2) is 0 Å². The van der Waals surface area contributed by atoms with Gasteiger partial charge in [0.05, 0.1) is 24.6 Å². The van der Waals surface area contributed by atoms with Gasteiger partial charge in [0, 0.05) is 30.2 Å². The van der Waals surface area contributed by atoms with Crippen LogP contribution in [0.5, 0.6) is 5.75 Å². The first-order chi connectivity index (χ1) is 18.1. The average Bonchev–Trinajstić information content (AvgIpc) is 3.27. The highest BCUT2D eigenvalue weighted by molar-refractivity contribution is 6.00. The number of nitrogens with one attached hydrogen (secondary N) is 3. The van der Waals surface area contributed by atoms with Gasteiger partial charge in [-0.05, 0) is 49.1 Å². The topological polar surface area (TPSA) is 124 Å². The third-order valence-electron chi connectivity index (χ3n) is 8.47. The van der Waals surface area contributed by atoms with E-state index in [1.165, 1.54) is 4.90 Å². The highest BCUT2D eigenvalue weighted by Crippen LogP contribution is 2.46. The lowest BCUT2D eigenvalue weighted by molar-refractivity contribution is -0.133. The second kappa shape index (κ2) is 9.71. The smallest absolute Gasteiger partial charge is 0.251 e. The predicted molar refractivity (Wildman–Crippen MR) is 142 cm³/mol. The van der Waals surface area contributed by atoms with Crippen molar-refractivity contribution >= 4 is 17.8 Å².